The molecular formula is C28H31FN2O2S. The van der Waals surface area contributed by atoms with Crippen molar-refractivity contribution < 1.29 is 13.9 Å². The minimum absolute atomic E-state index is 0.238. The molecular weight excluding hydrogens is 447 g/mol. The molecule has 0 radical (unpaired) electrons. The molecule has 1 unspecified atom stereocenters. The second-order valence-electron chi connectivity index (χ2n) is 9.20. The van der Waals surface area contributed by atoms with Crippen molar-refractivity contribution in [2.24, 2.45) is 11.7 Å². The first-order valence-electron chi connectivity index (χ1n) is 11.4. The molecule has 1 aliphatic carbocycles. The Morgan fingerprint density at radius 3 is 2.44 bits per heavy atom. The number of methoxy groups -OCH3 is 2. The number of aromatic nitrogens is 1. The van der Waals surface area contributed by atoms with Crippen molar-refractivity contribution in [1.82, 2.24) is 4.98 Å². The van der Waals surface area contributed by atoms with Gasteiger partial charge in [-0.25, -0.2) is 9.37 Å². The molecule has 0 saturated heterocycles. The van der Waals surface area contributed by atoms with E-state index in [1.165, 1.54) is 11.3 Å². The van der Waals surface area contributed by atoms with Gasteiger partial charge in [0.25, 0.3) is 0 Å². The number of rotatable bonds is 8. The maximum Gasteiger partial charge on any atom is 0.136 e. The van der Waals surface area contributed by atoms with Gasteiger partial charge in [0.05, 0.1) is 19.9 Å². The smallest absolute Gasteiger partial charge is 0.136 e. The number of ether oxygens (including phenoxy) is 2. The van der Waals surface area contributed by atoms with Crippen LogP contribution in [0.25, 0.3) is 11.3 Å². The number of aryl methyl sites for hydroxylation is 3. The molecule has 2 atom stereocenters. The van der Waals surface area contributed by atoms with E-state index < -0.39 is 5.54 Å². The summed E-state index contributed by atoms with van der Waals surface area (Å²) in [5.74, 6) is 4.35. The van der Waals surface area contributed by atoms with Gasteiger partial charge >= 0.3 is 0 Å². The summed E-state index contributed by atoms with van der Waals surface area (Å²) < 4.78 is 25.6. The summed E-state index contributed by atoms with van der Waals surface area (Å²) in [7, 11) is 3.26. The average Bonchev–Trinajstić information content (AvgIpc) is 3.57. The van der Waals surface area contributed by atoms with E-state index in [0.717, 1.165) is 52.3 Å². The Balaban J connectivity index is 1.82. The van der Waals surface area contributed by atoms with Crippen molar-refractivity contribution in [3.8, 4) is 35.1 Å². The number of halogens is 1. The van der Waals surface area contributed by atoms with Crippen molar-refractivity contribution >= 4 is 11.3 Å². The predicted molar refractivity (Wildman–Crippen MR) is 136 cm³/mol. The molecule has 4 rings (SSSR count). The van der Waals surface area contributed by atoms with Crippen molar-refractivity contribution in [3.63, 3.8) is 0 Å². The summed E-state index contributed by atoms with van der Waals surface area (Å²) in [6.07, 6.45) is 9.22. The summed E-state index contributed by atoms with van der Waals surface area (Å²) in [6.45, 7) is 5.75. The molecule has 0 spiro atoms. The van der Waals surface area contributed by atoms with Crippen molar-refractivity contribution in [2.75, 3.05) is 14.2 Å². The summed E-state index contributed by atoms with van der Waals surface area (Å²) >= 11 is 1.49. The topological polar surface area (TPSA) is 57.4 Å². The van der Waals surface area contributed by atoms with Crippen LogP contribution in [-0.2, 0) is 5.54 Å². The van der Waals surface area contributed by atoms with E-state index in [1.807, 2.05) is 32.0 Å². The van der Waals surface area contributed by atoms with Crippen LogP contribution in [0.2, 0.25) is 0 Å². The van der Waals surface area contributed by atoms with E-state index in [1.54, 1.807) is 33.3 Å². The summed E-state index contributed by atoms with van der Waals surface area (Å²) in [6, 6.07) is 9.20. The van der Waals surface area contributed by atoms with Gasteiger partial charge in [0, 0.05) is 22.4 Å². The highest BCUT2D eigenvalue weighted by atomic mass is 32.1. The largest absolute Gasteiger partial charge is 0.496 e. The van der Waals surface area contributed by atoms with Gasteiger partial charge in [0.2, 0.25) is 0 Å². The Hall–Kier alpha value is -2.88. The molecule has 4 nitrogen and oxygen atoms in total. The SMILES string of the molecule is C#CC(N)(c1nc(-c2cc(C)c(OC)cc2OC)c(C)s1)[C@@H](CC1CC1)c1ccc(C)c(F)c1. The number of nitrogens with two attached hydrogens (primary N) is 1. The third kappa shape index (κ3) is 4.43. The van der Waals surface area contributed by atoms with Gasteiger partial charge in [-0.05, 0) is 61.9 Å². The highest BCUT2D eigenvalue weighted by Crippen LogP contribution is 2.48. The highest BCUT2D eigenvalue weighted by Gasteiger charge is 2.42. The zero-order valence-electron chi connectivity index (χ0n) is 20.4. The predicted octanol–water partition coefficient (Wildman–Crippen LogP) is 6.26. The zero-order chi connectivity index (χ0) is 24.6. The van der Waals surface area contributed by atoms with E-state index in [4.69, 9.17) is 26.6 Å². The molecule has 2 aromatic carbocycles. The number of thiazole rings is 1. The third-order valence-corrected chi connectivity index (χ3v) is 7.90. The van der Waals surface area contributed by atoms with Gasteiger partial charge in [-0.15, -0.1) is 17.8 Å². The number of hydrogen-bond acceptors (Lipinski definition) is 5. The molecule has 0 bridgehead atoms. The van der Waals surface area contributed by atoms with Crippen molar-refractivity contribution in [1.29, 1.82) is 0 Å². The fourth-order valence-corrected chi connectivity index (χ4v) is 5.52. The van der Waals surface area contributed by atoms with Crippen LogP contribution in [-0.4, -0.2) is 19.2 Å². The van der Waals surface area contributed by atoms with Crippen LogP contribution in [0, 0.1) is 44.9 Å². The second-order valence-corrected chi connectivity index (χ2v) is 10.4. The lowest BCUT2D eigenvalue weighted by Gasteiger charge is -2.32. The summed E-state index contributed by atoms with van der Waals surface area (Å²) in [5.41, 5.74) is 9.89. The van der Waals surface area contributed by atoms with E-state index in [-0.39, 0.29) is 11.7 Å². The lowest BCUT2D eigenvalue weighted by molar-refractivity contribution is 0.393. The first-order chi connectivity index (χ1) is 16.2. The van der Waals surface area contributed by atoms with Gasteiger partial charge < -0.3 is 15.2 Å². The van der Waals surface area contributed by atoms with E-state index >= 15 is 0 Å². The fraction of sp³-hybridized carbons (Fsp3) is 0.393. The molecule has 34 heavy (non-hydrogen) atoms. The fourth-order valence-electron chi connectivity index (χ4n) is 4.48. The van der Waals surface area contributed by atoms with Crippen LogP contribution in [0.1, 0.15) is 51.8 Å². The molecule has 1 aliphatic rings. The molecule has 6 heteroatoms. The third-order valence-electron chi connectivity index (χ3n) is 6.78. The van der Waals surface area contributed by atoms with Crippen LogP contribution in [0.3, 0.4) is 0 Å². The van der Waals surface area contributed by atoms with E-state index in [0.29, 0.717) is 22.2 Å². The molecule has 178 valence electrons. The number of benzene rings is 2. The molecule has 2 N–H and O–H groups in total. The Labute approximate surface area is 205 Å². The quantitative estimate of drug-likeness (QED) is 0.388. The molecule has 1 aromatic heterocycles. The van der Waals surface area contributed by atoms with E-state index in [2.05, 4.69) is 5.92 Å². The minimum Gasteiger partial charge on any atom is -0.496 e. The van der Waals surface area contributed by atoms with Crippen LogP contribution in [0.4, 0.5) is 4.39 Å². The van der Waals surface area contributed by atoms with Crippen LogP contribution >= 0.6 is 11.3 Å². The number of nitrogens with zero attached hydrogens (tertiary/aromatic N) is 1. The first kappa shape index (κ1) is 24.3. The maximum atomic E-state index is 14.5. The van der Waals surface area contributed by atoms with Gasteiger partial charge in [-0.3, -0.25) is 0 Å². The Morgan fingerprint density at radius 2 is 1.85 bits per heavy atom. The normalized spacial score (nSPS) is 15.9. The zero-order valence-corrected chi connectivity index (χ0v) is 21.2. The monoisotopic (exact) mass is 478 g/mol. The Bertz CT molecular complexity index is 1260. The average molecular weight is 479 g/mol. The molecule has 0 amide bonds. The van der Waals surface area contributed by atoms with Crippen molar-refractivity contribution in [2.45, 2.75) is 51.5 Å². The maximum absolute atomic E-state index is 14.5. The highest BCUT2D eigenvalue weighted by molar-refractivity contribution is 7.12. The first-order valence-corrected chi connectivity index (χ1v) is 12.3. The minimum atomic E-state index is -1.16. The van der Waals surface area contributed by atoms with Crippen LogP contribution in [0.5, 0.6) is 11.5 Å². The Kier molecular flexibility index (Phi) is 6.71. The van der Waals surface area contributed by atoms with Gasteiger partial charge in [0.15, 0.2) is 0 Å². The Morgan fingerprint density at radius 1 is 1.15 bits per heavy atom. The lowest BCUT2D eigenvalue weighted by Crippen LogP contribution is -2.42. The van der Waals surface area contributed by atoms with Gasteiger partial charge in [0.1, 0.15) is 27.9 Å². The summed E-state index contributed by atoms with van der Waals surface area (Å²) in [4.78, 5) is 5.97. The molecule has 3 aromatic rings. The molecule has 1 saturated carbocycles. The second kappa shape index (κ2) is 9.40. The van der Waals surface area contributed by atoms with Crippen molar-refractivity contribution in [3.05, 3.63) is 62.7 Å². The van der Waals surface area contributed by atoms with Gasteiger partial charge in [-0.1, -0.05) is 30.9 Å². The van der Waals surface area contributed by atoms with Gasteiger partial charge in [-0.2, -0.15) is 0 Å². The molecule has 0 aliphatic heterocycles. The number of terminal acetylenes is 1. The lowest BCUT2D eigenvalue weighted by atomic mass is 9.77. The van der Waals surface area contributed by atoms with E-state index in [9.17, 15) is 4.39 Å². The number of hydrogen-bond donors (Lipinski definition) is 1. The summed E-state index contributed by atoms with van der Waals surface area (Å²) in [5, 5.41) is 0.657. The molecule has 1 fully saturated rings. The molecule has 1 heterocycles. The standard InChI is InChI=1S/C28H31FN2O2S/c1-7-28(30,22(13-19-9-10-19)20-11-8-16(2)23(29)14-20)27-31-26(18(4)34-27)21-12-17(3)24(32-5)15-25(21)33-6/h1,8,11-12,14-15,19,22H,9-10,13,30H2,2-6H3/t22-,28?/m0/s1. The van der Waals surface area contributed by atoms with Crippen LogP contribution < -0.4 is 15.2 Å². The van der Waals surface area contributed by atoms with Crippen LogP contribution in [0.15, 0.2) is 30.3 Å².